The van der Waals surface area contributed by atoms with Crippen LogP contribution in [-0.4, -0.2) is 10.1 Å². The zero-order valence-corrected chi connectivity index (χ0v) is 15.9. The average molecular weight is 376 g/mol. The highest BCUT2D eigenvalue weighted by Crippen LogP contribution is 2.27. The van der Waals surface area contributed by atoms with Crippen LogP contribution in [0.25, 0.3) is 22.4 Å². The first kappa shape index (κ1) is 18.0. The molecule has 2 aromatic heterocycles. The Balaban J connectivity index is 1.55. The topological polar surface area (TPSA) is 78.4 Å². The van der Waals surface area contributed by atoms with Crippen molar-refractivity contribution in [2.24, 2.45) is 0 Å². The second-order valence-electron chi connectivity index (χ2n) is 6.95. The standard InChI is InChI=1S/C22H20N2O4/c1-13(2)18-11-21(25)27-19-10-15(8-9-17(18)19)26-12-20-23-22(24-28-20)16-7-5-4-6-14(16)3/h4-11,13H,12H2,1-3H3. The van der Waals surface area contributed by atoms with E-state index in [-0.39, 0.29) is 18.2 Å². The van der Waals surface area contributed by atoms with E-state index in [1.807, 2.05) is 57.2 Å². The molecule has 4 rings (SSSR count). The maximum Gasteiger partial charge on any atom is 0.336 e. The summed E-state index contributed by atoms with van der Waals surface area (Å²) in [6, 6.07) is 14.8. The minimum atomic E-state index is -0.367. The van der Waals surface area contributed by atoms with Crippen molar-refractivity contribution in [1.82, 2.24) is 10.1 Å². The first-order valence-electron chi connectivity index (χ1n) is 9.10. The third-order valence-corrected chi connectivity index (χ3v) is 4.59. The molecule has 0 bridgehead atoms. The lowest BCUT2D eigenvalue weighted by molar-refractivity contribution is 0.243. The van der Waals surface area contributed by atoms with Crippen molar-refractivity contribution in [2.75, 3.05) is 0 Å². The quantitative estimate of drug-likeness (QED) is 0.463. The van der Waals surface area contributed by atoms with E-state index in [1.54, 1.807) is 12.1 Å². The Bertz CT molecular complexity index is 1190. The summed E-state index contributed by atoms with van der Waals surface area (Å²) in [5.41, 5.74) is 3.08. The molecule has 0 spiro atoms. The molecule has 0 aliphatic rings. The summed E-state index contributed by atoms with van der Waals surface area (Å²) in [5, 5.41) is 4.93. The molecule has 0 N–H and O–H groups in total. The molecule has 0 radical (unpaired) electrons. The molecule has 2 heterocycles. The van der Waals surface area contributed by atoms with Gasteiger partial charge in [0.2, 0.25) is 5.82 Å². The highest BCUT2D eigenvalue weighted by Gasteiger charge is 2.13. The van der Waals surface area contributed by atoms with E-state index in [0.29, 0.717) is 23.0 Å². The lowest BCUT2D eigenvalue weighted by Crippen LogP contribution is -2.02. The molecule has 0 unspecified atom stereocenters. The van der Waals surface area contributed by atoms with Gasteiger partial charge in [-0.15, -0.1) is 0 Å². The molecule has 142 valence electrons. The monoisotopic (exact) mass is 376 g/mol. The Morgan fingerprint density at radius 1 is 1.11 bits per heavy atom. The number of fused-ring (bicyclic) bond motifs is 1. The van der Waals surface area contributed by atoms with E-state index in [0.717, 1.165) is 22.1 Å². The maximum absolute atomic E-state index is 11.8. The van der Waals surface area contributed by atoms with E-state index in [1.165, 1.54) is 0 Å². The number of hydrogen-bond acceptors (Lipinski definition) is 6. The molecule has 0 saturated heterocycles. The molecule has 0 aliphatic carbocycles. The summed E-state index contributed by atoms with van der Waals surface area (Å²) < 4.78 is 16.4. The van der Waals surface area contributed by atoms with Crippen molar-refractivity contribution in [1.29, 1.82) is 0 Å². The number of benzene rings is 2. The molecule has 4 aromatic rings. The van der Waals surface area contributed by atoms with Gasteiger partial charge in [0.15, 0.2) is 6.61 Å². The summed E-state index contributed by atoms with van der Waals surface area (Å²) in [6.45, 7) is 6.20. The van der Waals surface area contributed by atoms with E-state index in [2.05, 4.69) is 10.1 Å². The Morgan fingerprint density at radius 2 is 1.93 bits per heavy atom. The first-order valence-corrected chi connectivity index (χ1v) is 9.10. The average Bonchev–Trinajstić information content (AvgIpc) is 3.14. The van der Waals surface area contributed by atoms with E-state index < -0.39 is 0 Å². The van der Waals surface area contributed by atoms with Crippen molar-refractivity contribution < 1.29 is 13.7 Å². The molecule has 0 atom stereocenters. The van der Waals surface area contributed by atoms with Crippen LogP contribution >= 0.6 is 0 Å². The Hall–Kier alpha value is -3.41. The van der Waals surface area contributed by atoms with Gasteiger partial charge >= 0.3 is 5.63 Å². The number of rotatable bonds is 5. The second-order valence-corrected chi connectivity index (χ2v) is 6.95. The Labute approximate surface area is 161 Å². The predicted octanol–water partition coefficient (Wildman–Crippen LogP) is 4.85. The van der Waals surface area contributed by atoms with Gasteiger partial charge in [0.05, 0.1) is 0 Å². The smallest absolute Gasteiger partial charge is 0.336 e. The largest absolute Gasteiger partial charge is 0.484 e. The fraction of sp³-hybridized carbons (Fsp3) is 0.227. The molecule has 6 nitrogen and oxygen atoms in total. The van der Waals surface area contributed by atoms with Crippen LogP contribution in [0.2, 0.25) is 0 Å². The highest BCUT2D eigenvalue weighted by atomic mass is 16.5. The van der Waals surface area contributed by atoms with Crippen LogP contribution in [0.1, 0.15) is 36.8 Å². The van der Waals surface area contributed by atoms with Gasteiger partial charge in [-0.1, -0.05) is 43.3 Å². The SMILES string of the molecule is Cc1ccccc1-c1noc(COc2ccc3c(C(C)C)cc(=O)oc3c2)n1. The van der Waals surface area contributed by atoms with Gasteiger partial charge in [-0.05, 0) is 36.1 Å². The lowest BCUT2D eigenvalue weighted by Gasteiger charge is -2.10. The number of nitrogens with zero attached hydrogens (tertiary/aromatic N) is 2. The van der Waals surface area contributed by atoms with Crippen LogP contribution in [0.15, 0.2) is 62.3 Å². The van der Waals surface area contributed by atoms with Crippen LogP contribution < -0.4 is 10.4 Å². The number of aryl methyl sites for hydroxylation is 1. The van der Waals surface area contributed by atoms with E-state index in [4.69, 9.17) is 13.7 Å². The van der Waals surface area contributed by atoms with Gasteiger partial charge in [-0.2, -0.15) is 4.98 Å². The molecular formula is C22H20N2O4. The second kappa shape index (κ2) is 7.31. The van der Waals surface area contributed by atoms with Crippen molar-refractivity contribution >= 4 is 11.0 Å². The fourth-order valence-corrected chi connectivity index (χ4v) is 3.13. The predicted molar refractivity (Wildman–Crippen MR) is 105 cm³/mol. The summed E-state index contributed by atoms with van der Waals surface area (Å²) in [7, 11) is 0. The Morgan fingerprint density at radius 3 is 2.71 bits per heavy atom. The van der Waals surface area contributed by atoms with Crippen LogP contribution in [0.4, 0.5) is 0 Å². The van der Waals surface area contributed by atoms with Gasteiger partial charge in [0.25, 0.3) is 5.89 Å². The zero-order chi connectivity index (χ0) is 19.7. The van der Waals surface area contributed by atoms with E-state index in [9.17, 15) is 4.79 Å². The fourth-order valence-electron chi connectivity index (χ4n) is 3.13. The molecule has 0 saturated carbocycles. The van der Waals surface area contributed by atoms with E-state index >= 15 is 0 Å². The minimum absolute atomic E-state index is 0.124. The summed E-state index contributed by atoms with van der Waals surface area (Å²) in [4.78, 5) is 16.2. The third-order valence-electron chi connectivity index (χ3n) is 4.59. The first-order chi connectivity index (χ1) is 13.5. The molecule has 0 aliphatic heterocycles. The summed E-state index contributed by atoms with van der Waals surface area (Å²) in [5.74, 6) is 1.68. The van der Waals surface area contributed by atoms with Gasteiger partial charge in [-0.3, -0.25) is 0 Å². The molecule has 6 heteroatoms. The van der Waals surface area contributed by atoms with Crippen LogP contribution in [0.5, 0.6) is 5.75 Å². The maximum atomic E-state index is 11.8. The van der Waals surface area contributed by atoms with Crippen molar-refractivity contribution in [3.63, 3.8) is 0 Å². The molecule has 0 amide bonds. The number of aromatic nitrogens is 2. The normalized spacial score (nSPS) is 11.3. The highest BCUT2D eigenvalue weighted by molar-refractivity contribution is 5.82. The third kappa shape index (κ3) is 3.53. The lowest BCUT2D eigenvalue weighted by atomic mass is 10.00. The molecule has 2 aromatic carbocycles. The van der Waals surface area contributed by atoms with Crippen LogP contribution in [0.3, 0.4) is 0 Å². The summed E-state index contributed by atoms with van der Waals surface area (Å²) >= 11 is 0. The summed E-state index contributed by atoms with van der Waals surface area (Å²) in [6.07, 6.45) is 0. The van der Waals surface area contributed by atoms with Gasteiger partial charge in [0, 0.05) is 23.1 Å². The van der Waals surface area contributed by atoms with Gasteiger partial charge in [-0.25, -0.2) is 4.79 Å². The zero-order valence-electron chi connectivity index (χ0n) is 15.9. The Kier molecular flexibility index (Phi) is 4.69. The van der Waals surface area contributed by atoms with Crippen molar-refractivity contribution in [2.45, 2.75) is 33.3 Å². The van der Waals surface area contributed by atoms with Gasteiger partial charge < -0.3 is 13.7 Å². The van der Waals surface area contributed by atoms with Crippen LogP contribution in [-0.2, 0) is 6.61 Å². The molecular weight excluding hydrogens is 356 g/mol. The van der Waals surface area contributed by atoms with Gasteiger partial charge in [0.1, 0.15) is 11.3 Å². The molecule has 28 heavy (non-hydrogen) atoms. The minimum Gasteiger partial charge on any atom is -0.484 e. The van der Waals surface area contributed by atoms with Crippen molar-refractivity contribution in [3.05, 3.63) is 76.0 Å². The van der Waals surface area contributed by atoms with Crippen molar-refractivity contribution in [3.8, 4) is 17.1 Å². The number of hydrogen-bond donors (Lipinski definition) is 0. The number of ether oxygens (including phenoxy) is 1. The molecule has 0 fully saturated rings. The van der Waals surface area contributed by atoms with Crippen LogP contribution in [0, 0.1) is 6.92 Å².